The summed E-state index contributed by atoms with van der Waals surface area (Å²) in [7, 11) is 0. The van der Waals surface area contributed by atoms with Gasteiger partial charge in [-0.05, 0) is 25.8 Å². The number of amides is 1. The number of carbonyl (C=O) groups is 2. The number of hydrogen-bond donors (Lipinski definition) is 1. The minimum absolute atomic E-state index is 0.128. The second-order valence-corrected chi connectivity index (χ2v) is 9.97. The van der Waals surface area contributed by atoms with E-state index < -0.39 is 5.97 Å². The number of nitrogens with zero attached hydrogens (tertiary/aromatic N) is 4. The fraction of sp³-hybridized carbons (Fsp3) is 0.381. The summed E-state index contributed by atoms with van der Waals surface area (Å²) in [5, 5.41) is 14.4. The maximum atomic E-state index is 12.5. The zero-order chi connectivity index (χ0) is 23.3. The second-order valence-electron chi connectivity index (χ2n) is 7.09. The molecule has 0 radical (unpaired) electrons. The molecule has 170 valence electrons. The minimum atomic E-state index is -0.434. The number of aryl methyl sites for hydroxylation is 1. The van der Waals surface area contributed by atoms with Crippen molar-refractivity contribution in [3.8, 4) is 11.4 Å². The number of hydrogen-bond acceptors (Lipinski definition) is 9. The number of anilines is 1. The van der Waals surface area contributed by atoms with Crippen LogP contribution in [0, 0.1) is 6.92 Å². The Hall–Kier alpha value is -2.50. The Bertz CT molecular complexity index is 1120. The van der Waals surface area contributed by atoms with Crippen LogP contribution in [0.2, 0.25) is 0 Å². The molecule has 0 saturated heterocycles. The molecule has 0 bridgehead atoms. The molecule has 0 saturated carbocycles. The van der Waals surface area contributed by atoms with Gasteiger partial charge < -0.3 is 10.1 Å². The zero-order valence-corrected chi connectivity index (χ0v) is 20.8. The third kappa shape index (κ3) is 5.64. The lowest BCUT2D eigenvalue weighted by molar-refractivity contribution is -0.113. The minimum Gasteiger partial charge on any atom is -0.462 e. The van der Waals surface area contributed by atoms with E-state index in [1.54, 1.807) is 31.3 Å². The number of ether oxygens (including phenoxy) is 1. The molecule has 3 aromatic rings. The van der Waals surface area contributed by atoms with Crippen molar-refractivity contribution in [3.05, 3.63) is 39.5 Å². The average Bonchev–Trinajstić information content (AvgIpc) is 3.45. The van der Waals surface area contributed by atoms with Crippen LogP contribution in [0.1, 0.15) is 46.9 Å². The molecule has 0 aliphatic rings. The van der Waals surface area contributed by atoms with Gasteiger partial charge in [0.2, 0.25) is 5.91 Å². The van der Waals surface area contributed by atoms with E-state index >= 15 is 0 Å². The zero-order valence-electron chi connectivity index (χ0n) is 18.4. The van der Waals surface area contributed by atoms with E-state index in [1.807, 2.05) is 4.57 Å². The van der Waals surface area contributed by atoms with Gasteiger partial charge in [-0.1, -0.05) is 43.0 Å². The lowest BCUT2D eigenvalue weighted by atomic mass is 10.1. The predicted octanol–water partition coefficient (Wildman–Crippen LogP) is 4.99. The molecule has 1 amide bonds. The van der Waals surface area contributed by atoms with Crippen molar-refractivity contribution in [2.24, 2.45) is 0 Å². The summed E-state index contributed by atoms with van der Waals surface area (Å²) >= 11 is 4.09. The number of esters is 1. The van der Waals surface area contributed by atoms with E-state index in [-0.39, 0.29) is 18.3 Å². The molecule has 1 N–H and O–H groups in total. The van der Waals surface area contributed by atoms with Gasteiger partial charge in [-0.2, -0.15) is 0 Å². The van der Waals surface area contributed by atoms with Gasteiger partial charge in [0.05, 0.1) is 18.1 Å². The summed E-state index contributed by atoms with van der Waals surface area (Å²) in [6.45, 7) is 12.4. The van der Waals surface area contributed by atoms with Crippen molar-refractivity contribution in [3.63, 3.8) is 0 Å². The van der Waals surface area contributed by atoms with Crippen LogP contribution in [0.5, 0.6) is 0 Å². The molecule has 32 heavy (non-hydrogen) atoms. The summed E-state index contributed by atoms with van der Waals surface area (Å²) in [4.78, 5) is 30.3. The number of thiophene rings is 1. The van der Waals surface area contributed by atoms with Gasteiger partial charge in [0, 0.05) is 22.4 Å². The molecule has 11 heteroatoms. The average molecular weight is 492 g/mol. The fourth-order valence-corrected chi connectivity index (χ4v) is 5.32. The highest BCUT2D eigenvalue weighted by molar-refractivity contribution is 7.99. The van der Waals surface area contributed by atoms with Crippen LogP contribution in [0.4, 0.5) is 5.13 Å². The predicted molar refractivity (Wildman–Crippen MR) is 130 cm³/mol. The standard InChI is InChI=1S/C21H25N5O3S3/c1-6-8-26-18(14-9-15(12(3)4)30-10-14)24-25-21(26)31-11-16(27)23-20-22-13(5)17(32-20)19(28)29-7-2/h6,9-10,12H,1,7-8,11H2,2-5H3,(H,22,23,27). The van der Waals surface area contributed by atoms with E-state index in [1.165, 1.54) is 16.6 Å². The summed E-state index contributed by atoms with van der Waals surface area (Å²) in [5.74, 6) is 0.651. The SMILES string of the molecule is C=CCn1c(SCC(=O)Nc2nc(C)c(C(=O)OCC)s2)nnc1-c1csc(C(C)C)c1. The van der Waals surface area contributed by atoms with Gasteiger partial charge in [-0.25, -0.2) is 9.78 Å². The van der Waals surface area contributed by atoms with E-state index in [4.69, 9.17) is 4.74 Å². The highest BCUT2D eigenvalue weighted by atomic mass is 32.2. The largest absolute Gasteiger partial charge is 0.462 e. The Morgan fingerprint density at radius 1 is 1.38 bits per heavy atom. The summed E-state index contributed by atoms with van der Waals surface area (Å²) in [6.07, 6.45) is 1.78. The van der Waals surface area contributed by atoms with E-state index in [2.05, 4.69) is 52.4 Å². The van der Waals surface area contributed by atoms with E-state index in [9.17, 15) is 9.59 Å². The third-order valence-electron chi connectivity index (χ3n) is 4.31. The maximum absolute atomic E-state index is 12.5. The lowest BCUT2D eigenvalue weighted by Crippen LogP contribution is -2.14. The van der Waals surface area contributed by atoms with Crippen LogP contribution < -0.4 is 5.32 Å². The number of rotatable bonds is 10. The van der Waals surface area contributed by atoms with Gasteiger partial charge >= 0.3 is 5.97 Å². The van der Waals surface area contributed by atoms with Gasteiger partial charge in [0.15, 0.2) is 16.1 Å². The Labute approximate surface area is 199 Å². The van der Waals surface area contributed by atoms with Crippen LogP contribution >= 0.6 is 34.4 Å². The molecule has 3 aromatic heterocycles. The van der Waals surface area contributed by atoms with Gasteiger partial charge in [-0.15, -0.1) is 28.1 Å². The van der Waals surface area contributed by atoms with Crippen LogP contribution in [0.15, 0.2) is 29.3 Å². The molecule has 3 rings (SSSR count). The first kappa shape index (κ1) is 24.1. The molecule has 0 fully saturated rings. The van der Waals surface area contributed by atoms with Crippen LogP contribution in [0.25, 0.3) is 11.4 Å². The molecular formula is C21H25N5O3S3. The number of allylic oxidation sites excluding steroid dienone is 1. The molecule has 8 nitrogen and oxygen atoms in total. The smallest absolute Gasteiger partial charge is 0.350 e. The Morgan fingerprint density at radius 3 is 2.81 bits per heavy atom. The number of nitrogens with one attached hydrogen (secondary N) is 1. The molecule has 0 spiro atoms. The molecule has 3 heterocycles. The molecule has 0 aliphatic heterocycles. The highest BCUT2D eigenvalue weighted by Crippen LogP contribution is 2.31. The van der Waals surface area contributed by atoms with Crippen molar-refractivity contribution in [2.45, 2.75) is 45.3 Å². The third-order valence-corrected chi connectivity index (χ3v) is 7.56. The van der Waals surface area contributed by atoms with Crippen LogP contribution in [-0.4, -0.2) is 44.0 Å². The first-order valence-corrected chi connectivity index (χ1v) is 12.7. The van der Waals surface area contributed by atoms with Crippen LogP contribution in [0.3, 0.4) is 0 Å². The lowest BCUT2D eigenvalue weighted by Gasteiger charge is -2.06. The normalized spacial score (nSPS) is 11.0. The monoisotopic (exact) mass is 491 g/mol. The topological polar surface area (TPSA) is 99.0 Å². The van der Waals surface area contributed by atoms with Crippen molar-refractivity contribution in [2.75, 3.05) is 17.7 Å². The second kappa shape index (κ2) is 10.9. The molecule has 0 atom stereocenters. The quantitative estimate of drug-likeness (QED) is 0.242. The Morgan fingerprint density at radius 2 is 2.16 bits per heavy atom. The number of thioether (sulfide) groups is 1. The van der Waals surface area contributed by atoms with Crippen molar-refractivity contribution >= 4 is 51.4 Å². The molecule has 0 aromatic carbocycles. The highest BCUT2D eigenvalue weighted by Gasteiger charge is 2.19. The molecule has 0 unspecified atom stereocenters. The van der Waals surface area contributed by atoms with Gasteiger partial charge in [0.25, 0.3) is 0 Å². The molecule has 0 aliphatic carbocycles. The summed E-state index contributed by atoms with van der Waals surface area (Å²) in [6, 6.07) is 2.13. The van der Waals surface area contributed by atoms with Crippen molar-refractivity contribution < 1.29 is 14.3 Å². The van der Waals surface area contributed by atoms with Gasteiger partial charge in [-0.3, -0.25) is 9.36 Å². The van der Waals surface area contributed by atoms with E-state index in [0.717, 1.165) is 22.7 Å². The first-order chi connectivity index (χ1) is 15.3. The number of thiazole rings is 1. The van der Waals surface area contributed by atoms with Crippen molar-refractivity contribution in [1.29, 1.82) is 0 Å². The maximum Gasteiger partial charge on any atom is 0.350 e. The van der Waals surface area contributed by atoms with Gasteiger partial charge in [0.1, 0.15) is 4.88 Å². The Balaban J connectivity index is 1.68. The van der Waals surface area contributed by atoms with E-state index in [0.29, 0.717) is 33.3 Å². The number of aromatic nitrogens is 4. The first-order valence-electron chi connectivity index (χ1n) is 10.0. The number of carbonyl (C=O) groups excluding carboxylic acids is 2. The summed E-state index contributed by atoms with van der Waals surface area (Å²) in [5.41, 5.74) is 1.54. The Kier molecular flexibility index (Phi) is 8.21. The fourth-order valence-electron chi connectivity index (χ4n) is 2.80. The molecular weight excluding hydrogens is 466 g/mol. The van der Waals surface area contributed by atoms with Crippen molar-refractivity contribution in [1.82, 2.24) is 19.7 Å². The summed E-state index contributed by atoms with van der Waals surface area (Å²) < 4.78 is 6.96. The van der Waals surface area contributed by atoms with Crippen LogP contribution in [-0.2, 0) is 16.1 Å².